The molecule has 36 heavy (non-hydrogen) atoms. The van der Waals surface area contributed by atoms with Crippen molar-refractivity contribution in [3.8, 4) is 0 Å². The zero-order valence-electron chi connectivity index (χ0n) is 23.3. The van der Waals surface area contributed by atoms with Gasteiger partial charge in [0.15, 0.2) is 5.54 Å². The van der Waals surface area contributed by atoms with Crippen LogP contribution >= 0.6 is 0 Å². The summed E-state index contributed by atoms with van der Waals surface area (Å²) in [5, 5.41) is 1.86. The molecule has 2 heterocycles. The van der Waals surface area contributed by atoms with Gasteiger partial charge in [0, 0.05) is 50.7 Å². The summed E-state index contributed by atoms with van der Waals surface area (Å²) in [6, 6.07) is 11.3. The average molecular weight is 508 g/mol. The van der Waals surface area contributed by atoms with Crippen molar-refractivity contribution in [3.05, 3.63) is 69.2 Å². The molecule has 1 aliphatic carbocycles. The second-order valence-electron chi connectivity index (χ2n) is 11.8. The fourth-order valence-electron chi connectivity index (χ4n) is 6.85. The summed E-state index contributed by atoms with van der Waals surface area (Å²) in [6.45, 7) is 17.3. The van der Waals surface area contributed by atoms with Gasteiger partial charge in [-0.05, 0) is 73.0 Å². The number of likely N-dealkylation sites (N-methyl/N-ethyl adjacent to an activating group) is 2. The molecule has 6 heteroatoms. The third-order valence-corrected chi connectivity index (χ3v) is 11.8. The van der Waals surface area contributed by atoms with Crippen LogP contribution < -0.4 is 20.1 Å². The van der Waals surface area contributed by atoms with Crippen LogP contribution in [0.5, 0.6) is 0 Å². The van der Waals surface area contributed by atoms with Crippen LogP contribution in [0.4, 0.5) is 5.69 Å². The summed E-state index contributed by atoms with van der Waals surface area (Å²) in [7, 11) is 0.916. The summed E-state index contributed by atoms with van der Waals surface area (Å²) in [5.41, 5.74) is 6.65. The number of anilines is 1. The minimum Gasteiger partial charge on any atom is -0.378 e. The van der Waals surface area contributed by atoms with E-state index in [1.54, 1.807) is 0 Å². The Balaban J connectivity index is 1.83. The molecule has 2 aromatic rings. The summed E-state index contributed by atoms with van der Waals surface area (Å²) in [5.74, 6) is 0. The monoisotopic (exact) mass is 507 g/mol. The highest BCUT2D eigenvalue weighted by Crippen LogP contribution is 2.50. The second kappa shape index (κ2) is 7.78. The molecule has 0 amide bonds. The van der Waals surface area contributed by atoms with Crippen molar-refractivity contribution in [1.82, 2.24) is 4.58 Å². The summed E-state index contributed by atoms with van der Waals surface area (Å²) in [4.78, 5) is 2.15. The molecule has 1 saturated heterocycles. The number of nitrogens with zero attached hydrogens (tertiary/aromatic N) is 3. The van der Waals surface area contributed by atoms with Crippen LogP contribution in [-0.2, 0) is 15.4 Å². The molecule has 5 rings (SSSR count). The molecule has 3 aliphatic rings. The van der Waals surface area contributed by atoms with E-state index in [1.165, 1.54) is 27.6 Å². The minimum absolute atomic E-state index is 0.156. The molecular weight excluding hydrogens is 466 g/mol. The predicted molar refractivity (Wildman–Crippen MR) is 150 cm³/mol. The minimum atomic E-state index is -3.25. The van der Waals surface area contributed by atoms with E-state index in [1.807, 2.05) is 13.8 Å². The Kier molecular flexibility index (Phi) is 5.45. The zero-order chi connectivity index (χ0) is 26.4. The molecule has 0 radical (unpaired) electrons. The number of fused-ring (bicyclic) bond motifs is 3. The predicted octanol–water partition coefficient (Wildman–Crippen LogP) is 3.43. The van der Waals surface area contributed by atoms with Crippen LogP contribution in [0.1, 0.15) is 70.7 Å². The topological polar surface area (TPSA) is 40.4 Å². The van der Waals surface area contributed by atoms with Gasteiger partial charge in [0.05, 0.1) is 18.7 Å². The van der Waals surface area contributed by atoms with Crippen molar-refractivity contribution >= 4 is 27.4 Å². The first-order valence-electron chi connectivity index (χ1n) is 13.2. The molecule has 5 nitrogen and oxygen atoms in total. The Bertz CT molecular complexity index is 1540. The fraction of sp³-hybridized carbons (Fsp3) is 0.500. The van der Waals surface area contributed by atoms with Gasteiger partial charge in [-0.2, -0.15) is 12.3 Å². The summed E-state index contributed by atoms with van der Waals surface area (Å²) >= 11 is 0. The molecule has 2 aromatic carbocycles. The van der Waals surface area contributed by atoms with Gasteiger partial charge in [-0.1, -0.05) is 19.9 Å². The lowest BCUT2D eigenvalue weighted by Gasteiger charge is -2.33. The highest BCUT2D eigenvalue weighted by atomic mass is 32.2. The van der Waals surface area contributed by atoms with E-state index in [4.69, 9.17) is 0 Å². The lowest BCUT2D eigenvalue weighted by molar-refractivity contribution is -0.741. The standard InChI is InChI=1S/C30H41N3O2S/c1-10-32-27-18-26-21(15-20-13-14-22(31(8)9)17-25(20)30(26,6)7)16-23(27)24(19-29(32,4)5)28-33(11-2,12-3)36(28,34)35/h13-19,28H,10-12H2,1-9H3/q+2. The number of quaternary nitrogens is 1. The lowest BCUT2D eigenvalue weighted by atomic mass is 9.71. The lowest BCUT2D eigenvalue weighted by Crippen LogP contribution is -2.51. The molecule has 192 valence electrons. The Morgan fingerprint density at radius 3 is 2.19 bits per heavy atom. The molecule has 1 unspecified atom stereocenters. The molecule has 1 atom stereocenters. The molecule has 0 bridgehead atoms. The van der Waals surface area contributed by atoms with E-state index >= 15 is 0 Å². The van der Waals surface area contributed by atoms with Gasteiger partial charge in [0.1, 0.15) is 6.54 Å². The highest BCUT2D eigenvalue weighted by Gasteiger charge is 2.74. The maximum atomic E-state index is 13.4. The second-order valence-corrected chi connectivity index (χ2v) is 14.0. The van der Waals surface area contributed by atoms with E-state index < -0.39 is 15.4 Å². The first kappa shape index (κ1) is 25.2. The number of hydrogen-bond donors (Lipinski definition) is 0. The molecular formula is C30H41N3O2S+2. The van der Waals surface area contributed by atoms with Crippen molar-refractivity contribution in [2.45, 2.75) is 64.8 Å². The van der Waals surface area contributed by atoms with Crippen molar-refractivity contribution in [3.63, 3.8) is 0 Å². The Morgan fingerprint density at radius 2 is 1.64 bits per heavy atom. The number of rotatable bonds is 5. The van der Waals surface area contributed by atoms with Gasteiger partial charge < -0.3 is 4.90 Å². The third-order valence-electron chi connectivity index (χ3n) is 9.01. The maximum Gasteiger partial charge on any atom is 0.358 e. The van der Waals surface area contributed by atoms with Crippen molar-refractivity contribution in [2.24, 2.45) is 0 Å². The Hall–Kier alpha value is -2.44. The van der Waals surface area contributed by atoms with Crippen molar-refractivity contribution < 1.29 is 12.3 Å². The molecule has 0 saturated carbocycles. The quantitative estimate of drug-likeness (QED) is 0.354. The smallest absolute Gasteiger partial charge is 0.358 e. The zero-order valence-corrected chi connectivity index (χ0v) is 24.1. The maximum absolute atomic E-state index is 13.4. The van der Waals surface area contributed by atoms with E-state index in [2.05, 4.69) is 101 Å². The van der Waals surface area contributed by atoms with E-state index in [-0.39, 0.29) is 14.8 Å². The highest BCUT2D eigenvalue weighted by molar-refractivity contribution is 7.92. The largest absolute Gasteiger partial charge is 0.378 e. The Morgan fingerprint density at radius 1 is 0.972 bits per heavy atom. The number of hydrogen-bond acceptors (Lipinski definition) is 3. The van der Waals surface area contributed by atoms with Gasteiger partial charge in [-0.15, -0.1) is 0 Å². The fourth-order valence-corrected chi connectivity index (χ4v) is 9.45. The molecule has 1 fully saturated rings. The van der Waals surface area contributed by atoms with Gasteiger partial charge in [0.25, 0.3) is 5.37 Å². The van der Waals surface area contributed by atoms with Crippen LogP contribution in [0.3, 0.4) is 0 Å². The van der Waals surface area contributed by atoms with Crippen LogP contribution in [0.15, 0.2) is 36.4 Å². The van der Waals surface area contributed by atoms with Crippen LogP contribution in [0.2, 0.25) is 0 Å². The summed E-state index contributed by atoms with van der Waals surface area (Å²) < 4.78 is 29.4. The molecule has 0 N–H and O–H groups in total. The van der Waals surface area contributed by atoms with Gasteiger partial charge in [0.2, 0.25) is 5.36 Å². The number of benzene rings is 2. The van der Waals surface area contributed by atoms with E-state index in [0.29, 0.717) is 13.1 Å². The van der Waals surface area contributed by atoms with Gasteiger partial charge in [-0.25, -0.2) is 4.58 Å². The Labute approximate surface area is 216 Å². The molecule has 2 aliphatic heterocycles. The normalized spacial score (nSPS) is 23.5. The van der Waals surface area contributed by atoms with Crippen molar-refractivity contribution in [2.75, 3.05) is 38.6 Å². The number of sulfonamides is 1. The van der Waals surface area contributed by atoms with Gasteiger partial charge in [-0.3, -0.25) is 0 Å². The molecule has 0 spiro atoms. The van der Waals surface area contributed by atoms with E-state index in [0.717, 1.165) is 23.0 Å². The first-order chi connectivity index (χ1) is 16.8. The SMILES string of the molecule is CC[N+]1=c2cc3c(cc2C(C2[N+](CC)(CC)S2(=O)=O)=CC1(C)C)=Cc1ccc(N(C)C)cc1C3(C)C. The van der Waals surface area contributed by atoms with Crippen molar-refractivity contribution in [1.29, 1.82) is 0 Å². The first-order valence-corrected chi connectivity index (χ1v) is 14.7. The average Bonchev–Trinajstić information content (AvgIpc) is 3.32. The molecule has 0 aromatic heterocycles. The van der Waals surface area contributed by atoms with Crippen LogP contribution in [-0.4, -0.2) is 56.9 Å². The van der Waals surface area contributed by atoms with E-state index in [9.17, 15) is 8.42 Å². The van der Waals surface area contributed by atoms with Crippen LogP contribution in [0.25, 0.3) is 11.6 Å². The van der Waals surface area contributed by atoms with Gasteiger partial charge >= 0.3 is 10.0 Å². The van der Waals surface area contributed by atoms with Crippen LogP contribution in [0, 0.1) is 0 Å². The third kappa shape index (κ3) is 3.16. The summed E-state index contributed by atoms with van der Waals surface area (Å²) in [6.07, 6.45) is 4.51.